The van der Waals surface area contributed by atoms with E-state index in [4.69, 9.17) is 14.8 Å². The highest BCUT2D eigenvalue weighted by Gasteiger charge is 2.24. The molecule has 0 aliphatic carbocycles. The Morgan fingerprint density at radius 1 is 1.21 bits per heavy atom. The summed E-state index contributed by atoms with van der Waals surface area (Å²) in [4.78, 5) is 31.0. The van der Waals surface area contributed by atoms with Gasteiger partial charge in [-0.1, -0.05) is 12.1 Å². The van der Waals surface area contributed by atoms with Gasteiger partial charge in [-0.15, -0.1) is 0 Å². The molecule has 0 spiro atoms. The topological polar surface area (TPSA) is 94.8 Å². The largest absolute Gasteiger partial charge is 0.381 e. The van der Waals surface area contributed by atoms with Gasteiger partial charge in [0.05, 0.1) is 18.8 Å². The van der Waals surface area contributed by atoms with Gasteiger partial charge >= 0.3 is 5.69 Å². The van der Waals surface area contributed by atoms with Crippen molar-refractivity contribution in [2.45, 2.75) is 39.7 Å². The highest BCUT2D eigenvalue weighted by molar-refractivity contribution is 5.43. The van der Waals surface area contributed by atoms with Crippen LogP contribution in [0.4, 0.5) is 0 Å². The summed E-state index contributed by atoms with van der Waals surface area (Å²) in [6, 6.07) is 6.16. The number of ether oxygens (including phenoxy) is 1. The molecular formula is C20H23N5O3. The summed E-state index contributed by atoms with van der Waals surface area (Å²) in [5.41, 5.74) is 2.75. The minimum absolute atomic E-state index is 0.152. The van der Waals surface area contributed by atoms with Crippen LogP contribution in [0.15, 0.2) is 34.0 Å². The highest BCUT2D eigenvalue weighted by atomic mass is 16.5. The van der Waals surface area contributed by atoms with E-state index in [0.717, 1.165) is 29.1 Å². The first-order chi connectivity index (χ1) is 13.4. The molecule has 1 unspecified atom stereocenters. The van der Waals surface area contributed by atoms with E-state index in [-0.39, 0.29) is 18.0 Å². The number of nitrogens with zero attached hydrogens (tertiary/aromatic N) is 4. The zero-order chi connectivity index (χ0) is 19.8. The molecule has 8 heteroatoms. The first-order valence-corrected chi connectivity index (χ1v) is 9.34. The smallest absolute Gasteiger partial charge is 0.328 e. The van der Waals surface area contributed by atoms with Crippen molar-refractivity contribution in [2.75, 3.05) is 13.2 Å². The van der Waals surface area contributed by atoms with Crippen LogP contribution < -0.4 is 11.2 Å². The van der Waals surface area contributed by atoms with Crippen molar-refractivity contribution in [3.05, 3.63) is 73.6 Å². The predicted octanol–water partition coefficient (Wildman–Crippen LogP) is 1.59. The van der Waals surface area contributed by atoms with Gasteiger partial charge in [-0.05, 0) is 44.4 Å². The molecule has 1 fully saturated rings. The van der Waals surface area contributed by atoms with Crippen molar-refractivity contribution in [3.63, 3.8) is 0 Å². The first kappa shape index (κ1) is 18.4. The van der Waals surface area contributed by atoms with Crippen molar-refractivity contribution in [1.29, 1.82) is 0 Å². The number of H-pyrrole nitrogens is 1. The van der Waals surface area contributed by atoms with Gasteiger partial charge in [0.2, 0.25) is 0 Å². The summed E-state index contributed by atoms with van der Waals surface area (Å²) in [5, 5.41) is 4.77. The Kier molecular flexibility index (Phi) is 4.72. The van der Waals surface area contributed by atoms with Crippen LogP contribution in [-0.4, -0.2) is 37.5 Å². The van der Waals surface area contributed by atoms with Crippen LogP contribution >= 0.6 is 0 Å². The van der Waals surface area contributed by atoms with Gasteiger partial charge in [-0.25, -0.2) is 14.5 Å². The van der Waals surface area contributed by atoms with Crippen molar-refractivity contribution >= 4 is 0 Å². The molecule has 28 heavy (non-hydrogen) atoms. The third-order valence-corrected chi connectivity index (χ3v) is 5.08. The van der Waals surface area contributed by atoms with Crippen molar-refractivity contribution in [1.82, 2.24) is 24.3 Å². The Balaban J connectivity index is 1.83. The van der Waals surface area contributed by atoms with Gasteiger partial charge < -0.3 is 4.74 Å². The lowest BCUT2D eigenvalue weighted by Gasteiger charge is -2.11. The maximum atomic E-state index is 12.3. The van der Waals surface area contributed by atoms with Crippen LogP contribution in [0.2, 0.25) is 0 Å². The second-order valence-electron chi connectivity index (χ2n) is 7.35. The summed E-state index contributed by atoms with van der Waals surface area (Å²) >= 11 is 0. The van der Waals surface area contributed by atoms with E-state index in [9.17, 15) is 9.59 Å². The third kappa shape index (κ3) is 3.43. The minimum atomic E-state index is -0.461. The molecule has 4 rings (SSSR count). The second-order valence-corrected chi connectivity index (χ2v) is 7.35. The molecule has 1 N–H and O–H groups in total. The van der Waals surface area contributed by atoms with E-state index in [1.165, 1.54) is 4.57 Å². The van der Waals surface area contributed by atoms with Crippen molar-refractivity contribution in [2.24, 2.45) is 0 Å². The summed E-state index contributed by atoms with van der Waals surface area (Å²) < 4.78 is 8.76. The maximum absolute atomic E-state index is 12.3. The van der Waals surface area contributed by atoms with Crippen LogP contribution in [0.25, 0.3) is 5.69 Å². The van der Waals surface area contributed by atoms with Crippen LogP contribution in [-0.2, 0) is 11.3 Å². The highest BCUT2D eigenvalue weighted by Crippen LogP contribution is 2.25. The summed E-state index contributed by atoms with van der Waals surface area (Å²) in [5.74, 6) is 1.52. The molecule has 0 radical (unpaired) electrons. The van der Waals surface area contributed by atoms with E-state index in [1.54, 1.807) is 13.1 Å². The standard InChI is InChI=1S/C20H23N5O3/c1-12-4-5-13(2)16(8-12)25-17(21-18(23-25)15-6-7-28-11-15)10-24-9-14(3)19(26)22-20(24)27/h4-5,8-9,15H,6-7,10-11H2,1-3H3,(H,22,26,27). The Morgan fingerprint density at radius 2 is 2.04 bits per heavy atom. The number of aromatic amines is 1. The number of nitrogens with one attached hydrogen (secondary N) is 1. The van der Waals surface area contributed by atoms with E-state index in [2.05, 4.69) is 17.1 Å². The van der Waals surface area contributed by atoms with E-state index in [1.807, 2.05) is 24.6 Å². The molecule has 1 atom stereocenters. The van der Waals surface area contributed by atoms with Gasteiger partial charge in [-0.3, -0.25) is 14.3 Å². The summed E-state index contributed by atoms with van der Waals surface area (Å²) in [6.45, 7) is 7.25. The first-order valence-electron chi connectivity index (χ1n) is 9.34. The van der Waals surface area contributed by atoms with Crippen LogP contribution in [0.3, 0.4) is 0 Å². The zero-order valence-electron chi connectivity index (χ0n) is 16.2. The molecule has 0 bridgehead atoms. The zero-order valence-corrected chi connectivity index (χ0v) is 16.2. The monoisotopic (exact) mass is 381 g/mol. The number of benzene rings is 1. The van der Waals surface area contributed by atoms with Crippen LogP contribution in [0.5, 0.6) is 0 Å². The Morgan fingerprint density at radius 3 is 2.79 bits per heavy atom. The lowest BCUT2D eigenvalue weighted by molar-refractivity contribution is 0.193. The Hall–Kier alpha value is -3.00. The van der Waals surface area contributed by atoms with Gasteiger partial charge in [0.1, 0.15) is 0 Å². The molecule has 8 nitrogen and oxygen atoms in total. The molecule has 3 aromatic rings. The van der Waals surface area contributed by atoms with Gasteiger partial charge in [0, 0.05) is 24.3 Å². The molecule has 1 aromatic carbocycles. The lowest BCUT2D eigenvalue weighted by atomic mass is 10.1. The van der Waals surface area contributed by atoms with Gasteiger partial charge in [0.25, 0.3) is 5.56 Å². The predicted molar refractivity (Wildman–Crippen MR) is 104 cm³/mol. The molecule has 2 aromatic heterocycles. The van der Waals surface area contributed by atoms with Crippen LogP contribution in [0, 0.1) is 20.8 Å². The number of hydrogen-bond acceptors (Lipinski definition) is 5. The number of aryl methyl sites for hydroxylation is 3. The average molecular weight is 381 g/mol. The molecule has 0 amide bonds. The SMILES string of the molecule is Cc1ccc(C)c(-n2nc(C3CCOC3)nc2Cn2cc(C)c(=O)[nH]c2=O)c1. The quantitative estimate of drug-likeness (QED) is 0.741. The van der Waals surface area contributed by atoms with E-state index >= 15 is 0 Å². The average Bonchev–Trinajstić information content (AvgIpc) is 3.31. The van der Waals surface area contributed by atoms with E-state index in [0.29, 0.717) is 24.6 Å². The third-order valence-electron chi connectivity index (χ3n) is 5.08. The van der Waals surface area contributed by atoms with Crippen LogP contribution in [0.1, 0.15) is 40.7 Å². The molecule has 1 aliphatic heterocycles. The lowest BCUT2D eigenvalue weighted by Crippen LogP contribution is -2.31. The fourth-order valence-electron chi connectivity index (χ4n) is 3.40. The van der Waals surface area contributed by atoms with Gasteiger partial charge in [0.15, 0.2) is 11.6 Å². The number of hydrogen-bond donors (Lipinski definition) is 1. The fourth-order valence-corrected chi connectivity index (χ4v) is 3.40. The molecule has 0 saturated carbocycles. The molecular weight excluding hydrogens is 358 g/mol. The normalized spacial score (nSPS) is 16.6. The number of rotatable bonds is 4. The Labute approximate surface area is 161 Å². The van der Waals surface area contributed by atoms with Crippen molar-refractivity contribution < 1.29 is 4.74 Å². The molecule has 3 heterocycles. The van der Waals surface area contributed by atoms with E-state index < -0.39 is 5.69 Å². The second kappa shape index (κ2) is 7.20. The number of aromatic nitrogens is 5. The Bertz CT molecular complexity index is 1140. The molecule has 1 saturated heterocycles. The summed E-state index contributed by atoms with van der Waals surface area (Å²) in [7, 11) is 0. The molecule has 1 aliphatic rings. The fraction of sp³-hybridized carbons (Fsp3) is 0.400. The van der Waals surface area contributed by atoms with Gasteiger partial charge in [-0.2, -0.15) is 5.10 Å². The summed E-state index contributed by atoms with van der Waals surface area (Å²) in [6.07, 6.45) is 2.44. The minimum Gasteiger partial charge on any atom is -0.381 e. The maximum Gasteiger partial charge on any atom is 0.328 e. The molecule has 146 valence electrons. The van der Waals surface area contributed by atoms with Crippen molar-refractivity contribution in [3.8, 4) is 5.69 Å².